The summed E-state index contributed by atoms with van der Waals surface area (Å²) in [6.45, 7) is 4.03. The van der Waals surface area contributed by atoms with Gasteiger partial charge in [-0.25, -0.2) is 9.69 Å². The lowest BCUT2D eigenvalue weighted by molar-refractivity contribution is -0.143. The fourth-order valence-corrected chi connectivity index (χ4v) is 2.33. The van der Waals surface area contributed by atoms with Crippen molar-refractivity contribution < 1.29 is 28.7 Å². The van der Waals surface area contributed by atoms with Gasteiger partial charge in [-0.15, -0.1) is 0 Å². The molecule has 2 rings (SSSR count). The Morgan fingerprint density at radius 1 is 0.962 bits per heavy atom. The largest absolute Gasteiger partial charge is 0.494 e. The predicted octanol–water partition coefficient (Wildman–Crippen LogP) is 0.391. The molecule has 0 unspecified atom stereocenters. The molecule has 1 aliphatic heterocycles. The van der Waals surface area contributed by atoms with Crippen LogP contribution in [-0.4, -0.2) is 66.4 Å². The lowest BCUT2D eigenvalue weighted by atomic mass is 10.3. The second-order valence-electron chi connectivity index (χ2n) is 5.33. The van der Waals surface area contributed by atoms with Crippen molar-refractivity contribution in [1.82, 2.24) is 15.1 Å². The van der Waals surface area contributed by atoms with Crippen LogP contribution in [0.5, 0.6) is 11.5 Å². The highest BCUT2D eigenvalue weighted by Crippen LogP contribution is 2.17. The van der Waals surface area contributed by atoms with E-state index in [2.05, 4.69) is 5.32 Å². The first-order valence-corrected chi connectivity index (χ1v) is 8.27. The maximum atomic E-state index is 11.9. The Bertz CT molecular complexity index is 688. The zero-order valence-electron chi connectivity index (χ0n) is 14.7. The second kappa shape index (κ2) is 8.84. The summed E-state index contributed by atoms with van der Waals surface area (Å²) in [5, 5.41) is 2.54. The van der Waals surface area contributed by atoms with Gasteiger partial charge in [-0.2, -0.15) is 0 Å². The van der Waals surface area contributed by atoms with Crippen molar-refractivity contribution in [2.24, 2.45) is 0 Å². The Labute approximate surface area is 150 Å². The summed E-state index contributed by atoms with van der Waals surface area (Å²) in [5.74, 6) is -1.09. The Morgan fingerprint density at radius 3 is 2.08 bits per heavy atom. The van der Waals surface area contributed by atoms with Crippen LogP contribution in [0.25, 0.3) is 0 Å². The zero-order valence-corrected chi connectivity index (χ0v) is 14.7. The fraction of sp³-hybridized carbons (Fsp3) is 0.412. The minimum Gasteiger partial charge on any atom is -0.494 e. The molecule has 0 bridgehead atoms. The minimum atomic E-state index is -0.988. The number of carbonyl (C=O) groups excluding carboxylic acids is 4. The number of nitrogens with zero attached hydrogens (tertiary/aromatic N) is 2. The van der Waals surface area contributed by atoms with E-state index in [0.29, 0.717) is 17.3 Å². The maximum absolute atomic E-state index is 11.9. The molecule has 0 saturated carbocycles. The molecule has 9 nitrogen and oxygen atoms in total. The van der Waals surface area contributed by atoms with Crippen molar-refractivity contribution in [3.63, 3.8) is 0 Å². The van der Waals surface area contributed by atoms with E-state index in [1.165, 1.54) is 0 Å². The van der Waals surface area contributed by atoms with Crippen molar-refractivity contribution in [1.29, 1.82) is 0 Å². The third-order valence-electron chi connectivity index (χ3n) is 3.58. The van der Waals surface area contributed by atoms with Crippen LogP contribution in [0.4, 0.5) is 4.79 Å². The molecule has 1 aliphatic rings. The van der Waals surface area contributed by atoms with Gasteiger partial charge in [-0.05, 0) is 38.1 Å². The number of rotatable bonds is 9. The van der Waals surface area contributed by atoms with E-state index < -0.39 is 30.3 Å². The number of benzene rings is 1. The number of carbonyl (C=O) groups is 4. The van der Waals surface area contributed by atoms with Gasteiger partial charge in [0.2, 0.25) is 5.91 Å². The first-order valence-electron chi connectivity index (χ1n) is 8.27. The van der Waals surface area contributed by atoms with E-state index in [1.54, 1.807) is 31.2 Å². The SMILES string of the molecule is CCOc1ccc(OCCNC(=O)CN2C(=O)C(=O)N(CC)C2=O)cc1. The van der Waals surface area contributed by atoms with Gasteiger partial charge >= 0.3 is 17.8 Å². The first kappa shape index (κ1) is 19.2. The average molecular weight is 363 g/mol. The molecule has 26 heavy (non-hydrogen) atoms. The van der Waals surface area contributed by atoms with Gasteiger partial charge in [-0.1, -0.05) is 0 Å². The van der Waals surface area contributed by atoms with Crippen LogP contribution in [0.15, 0.2) is 24.3 Å². The third-order valence-corrected chi connectivity index (χ3v) is 3.58. The van der Waals surface area contributed by atoms with Crippen LogP contribution < -0.4 is 14.8 Å². The van der Waals surface area contributed by atoms with Crippen molar-refractivity contribution >= 4 is 23.8 Å². The minimum absolute atomic E-state index is 0.0808. The molecule has 5 amide bonds. The fourth-order valence-electron chi connectivity index (χ4n) is 2.33. The normalized spacial score (nSPS) is 14.0. The molecule has 1 heterocycles. The molecule has 9 heteroatoms. The number of imide groups is 2. The van der Waals surface area contributed by atoms with Crippen LogP contribution >= 0.6 is 0 Å². The summed E-state index contributed by atoms with van der Waals surface area (Å²) in [7, 11) is 0. The summed E-state index contributed by atoms with van der Waals surface area (Å²) in [6, 6.07) is 6.28. The van der Waals surface area contributed by atoms with E-state index in [-0.39, 0.29) is 19.7 Å². The van der Waals surface area contributed by atoms with Gasteiger partial charge in [0.05, 0.1) is 13.2 Å². The van der Waals surface area contributed by atoms with Crippen molar-refractivity contribution in [2.45, 2.75) is 13.8 Å². The van der Waals surface area contributed by atoms with Crippen LogP contribution in [0, 0.1) is 0 Å². The maximum Gasteiger partial charge on any atom is 0.334 e. The van der Waals surface area contributed by atoms with E-state index in [9.17, 15) is 19.2 Å². The molecule has 1 aromatic carbocycles. The number of hydrogen-bond donors (Lipinski definition) is 1. The van der Waals surface area contributed by atoms with Crippen molar-refractivity contribution in [2.75, 3.05) is 32.8 Å². The molecule has 140 valence electrons. The zero-order chi connectivity index (χ0) is 19.1. The van der Waals surface area contributed by atoms with E-state index in [0.717, 1.165) is 10.6 Å². The van der Waals surface area contributed by atoms with Gasteiger partial charge in [0, 0.05) is 6.54 Å². The number of hydrogen-bond acceptors (Lipinski definition) is 6. The summed E-state index contributed by atoms with van der Waals surface area (Å²) in [4.78, 5) is 48.5. The van der Waals surface area contributed by atoms with E-state index in [1.807, 2.05) is 6.92 Å². The quantitative estimate of drug-likeness (QED) is 0.387. The van der Waals surface area contributed by atoms with Gasteiger partial charge in [0.1, 0.15) is 24.7 Å². The average Bonchev–Trinajstić information content (AvgIpc) is 2.83. The molecule has 1 N–H and O–H groups in total. The van der Waals surface area contributed by atoms with Crippen molar-refractivity contribution in [3.8, 4) is 11.5 Å². The second-order valence-corrected chi connectivity index (χ2v) is 5.33. The molecule has 1 fully saturated rings. The Hall–Kier alpha value is -3.10. The third kappa shape index (κ3) is 4.50. The molecule has 0 radical (unpaired) electrons. The molecular formula is C17H21N3O6. The standard InChI is InChI=1S/C17H21N3O6/c1-3-19-15(22)16(23)20(17(19)24)11-14(21)18-9-10-26-13-7-5-12(6-8-13)25-4-2/h5-8H,3-4,9-11H2,1-2H3,(H,18,21). The van der Waals surface area contributed by atoms with Gasteiger partial charge in [0.25, 0.3) is 0 Å². The molecule has 0 spiro atoms. The molecule has 0 aliphatic carbocycles. The highest BCUT2D eigenvalue weighted by Gasteiger charge is 2.44. The highest BCUT2D eigenvalue weighted by atomic mass is 16.5. The summed E-state index contributed by atoms with van der Waals surface area (Å²) < 4.78 is 10.8. The number of likely N-dealkylation sites (N-methyl/N-ethyl adjacent to an activating group) is 1. The molecule has 1 aromatic rings. The summed E-state index contributed by atoms with van der Waals surface area (Å²) >= 11 is 0. The Morgan fingerprint density at radius 2 is 1.54 bits per heavy atom. The number of urea groups is 1. The number of nitrogens with one attached hydrogen (secondary N) is 1. The molecule has 1 saturated heterocycles. The number of amides is 5. The van der Waals surface area contributed by atoms with Gasteiger partial charge in [-0.3, -0.25) is 19.3 Å². The van der Waals surface area contributed by atoms with Crippen LogP contribution in [0.1, 0.15) is 13.8 Å². The van der Waals surface area contributed by atoms with Crippen molar-refractivity contribution in [3.05, 3.63) is 24.3 Å². The van der Waals surface area contributed by atoms with Gasteiger partial charge < -0.3 is 14.8 Å². The smallest absolute Gasteiger partial charge is 0.334 e. The highest BCUT2D eigenvalue weighted by molar-refractivity contribution is 6.45. The Kier molecular flexibility index (Phi) is 6.54. The first-order chi connectivity index (χ1) is 12.5. The Balaban J connectivity index is 1.73. The van der Waals surface area contributed by atoms with Gasteiger partial charge in [0.15, 0.2) is 0 Å². The molecule has 0 atom stereocenters. The predicted molar refractivity (Wildman–Crippen MR) is 90.6 cm³/mol. The topological polar surface area (TPSA) is 105 Å². The molecule has 0 aromatic heterocycles. The van der Waals surface area contributed by atoms with E-state index >= 15 is 0 Å². The van der Waals surface area contributed by atoms with Crippen LogP contribution in [0.3, 0.4) is 0 Å². The number of ether oxygens (including phenoxy) is 2. The van der Waals surface area contributed by atoms with Crippen LogP contribution in [-0.2, 0) is 14.4 Å². The summed E-state index contributed by atoms with van der Waals surface area (Å²) in [5.41, 5.74) is 0. The monoisotopic (exact) mass is 363 g/mol. The molecular weight excluding hydrogens is 342 g/mol. The van der Waals surface area contributed by atoms with Crippen LogP contribution in [0.2, 0.25) is 0 Å². The summed E-state index contributed by atoms with van der Waals surface area (Å²) in [6.07, 6.45) is 0. The lowest BCUT2D eigenvalue weighted by Gasteiger charge is -2.14. The van der Waals surface area contributed by atoms with E-state index in [4.69, 9.17) is 9.47 Å². The lowest BCUT2D eigenvalue weighted by Crippen LogP contribution is -2.42.